The van der Waals surface area contributed by atoms with E-state index in [-0.39, 0.29) is 11.1 Å². The molecule has 0 aromatic carbocycles. The number of rotatable bonds is 2. The summed E-state index contributed by atoms with van der Waals surface area (Å²) in [5.41, 5.74) is 1.77. The molecule has 1 N–H and O–H groups in total. The zero-order chi connectivity index (χ0) is 15.1. The highest BCUT2D eigenvalue weighted by Crippen LogP contribution is 2.45. The van der Waals surface area contributed by atoms with E-state index in [1.165, 1.54) is 4.88 Å². The van der Waals surface area contributed by atoms with E-state index in [2.05, 4.69) is 44.1 Å². The van der Waals surface area contributed by atoms with Crippen molar-refractivity contribution in [2.75, 3.05) is 14.1 Å². The molecule has 1 aromatic heterocycles. The van der Waals surface area contributed by atoms with E-state index >= 15 is 0 Å². The monoisotopic (exact) mass is 290 g/mol. The Balaban J connectivity index is 2.57. The number of nitrogens with zero attached hydrogens (tertiary/aromatic N) is 3. The Kier molecular flexibility index (Phi) is 3.66. The SMILES string of the molecule is CN(C)C=Nc1sc2c(c1C#N)CC(C)(C)NC2(C)C. The van der Waals surface area contributed by atoms with Gasteiger partial charge in [0.15, 0.2) is 0 Å². The predicted molar refractivity (Wildman–Crippen MR) is 84.8 cm³/mol. The first kappa shape index (κ1) is 15.0. The van der Waals surface area contributed by atoms with Crippen LogP contribution in [0.3, 0.4) is 0 Å². The number of aliphatic imine (C=N–C) groups is 1. The van der Waals surface area contributed by atoms with E-state index in [0.29, 0.717) is 0 Å². The molecule has 0 bridgehead atoms. The van der Waals surface area contributed by atoms with E-state index in [9.17, 15) is 5.26 Å². The fraction of sp³-hybridized carbons (Fsp3) is 0.600. The molecule has 1 aliphatic heterocycles. The van der Waals surface area contributed by atoms with Gasteiger partial charge in [0.1, 0.15) is 11.1 Å². The first-order chi connectivity index (χ1) is 9.16. The van der Waals surface area contributed by atoms with Gasteiger partial charge in [-0.05, 0) is 39.7 Å². The minimum atomic E-state index is -0.126. The lowest BCUT2D eigenvalue weighted by Crippen LogP contribution is -2.54. The summed E-state index contributed by atoms with van der Waals surface area (Å²) in [7, 11) is 3.86. The van der Waals surface area contributed by atoms with Gasteiger partial charge >= 0.3 is 0 Å². The molecule has 1 aliphatic rings. The summed E-state index contributed by atoms with van der Waals surface area (Å²) in [6.45, 7) is 8.70. The standard InChI is InChI=1S/C15H22N4S/c1-14(2)7-10-11(8-16)13(17-9-19(5)6)20-12(10)15(3,4)18-14/h9,18H,7H2,1-6H3. The van der Waals surface area contributed by atoms with Crippen LogP contribution in [0.2, 0.25) is 0 Å². The van der Waals surface area contributed by atoms with Crippen LogP contribution in [0.1, 0.15) is 43.7 Å². The highest BCUT2D eigenvalue weighted by atomic mass is 32.1. The fourth-order valence-electron chi connectivity index (χ4n) is 2.89. The van der Waals surface area contributed by atoms with Crippen molar-refractivity contribution >= 4 is 22.7 Å². The van der Waals surface area contributed by atoms with Gasteiger partial charge in [-0.1, -0.05) is 0 Å². The molecule has 0 amide bonds. The van der Waals surface area contributed by atoms with Gasteiger partial charge in [0, 0.05) is 30.1 Å². The van der Waals surface area contributed by atoms with Crippen molar-refractivity contribution in [1.29, 1.82) is 5.26 Å². The minimum absolute atomic E-state index is 0.00823. The van der Waals surface area contributed by atoms with Gasteiger partial charge < -0.3 is 10.2 Å². The second-order valence-corrected chi connectivity index (χ2v) is 7.72. The molecule has 1 aromatic rings. The fourth-order valence-corrected chi connectivity index (χ4v) is 4.06. The molecule has 0 unspecified atom stereocenters. The topological polar surface area (TPSA) is 51.4 Å². The molecule has 2 rings (SSSR count). The van der Waals surface area contributed by atoms with Gasteiger partial charge in [-0.3, -0.25) is 0 Å². The molecule has 0 saturated heterocycles. The Bertz CT molecular complexity index is 588. The van der Waals surface area contributed by atoms with Crippen molar-refractivity contribution in [2.45, 2.75) is 45.2 Å². The third-order valence-electron chi connectivity index (χ3n) is 3.34. The second-order valence-electron chi connectivity index (χ2n) is 6.72. The largest absolute Gasteiger partial charge is 0.369 e. The summed E-state index contributed by atoms with van der Waals surface area (Å²) >= 11 is 1.63. The van der Waals surface area contributed by atoms with E-state index in [0.717, 1.165) is 22.5 Å². The lowest BCUT2D eigenvalue weighted by molar-refractivity contribution is 0.247. The molecule has 0 atom stereocenters. The van der Waals surface area contributed by atoms with Crippen molar-refractivity contribution in [2.24, 2.45) is 4.99 Å². The summed E-state index contributed by atoms with van der Waals surface area (Å²) in [5.74, 6) is 0. The average molecular weight is 290 g/mol. The maximum Gasteiger partial charge on any atom is 0.136 e. The Labute approximate surface area is 125 Å². The first-order valence-corrected chi connectivity index (χ1v) is 7.54. The summed E-state index contributed by atoms with van der Waals surface area (Å²) in [4.78, 5) is 7.58. The molecule has 2 heterocycles. The quantitative estimate of drug-likeness (QED) is 0.673. The second kappa shape index (κ2) is 4.87. The summed E-state index contributed by atoms with van der Waals surface area (Å²) in [5, 5.41) is 14.0. The van der Waals surface area contributed by atoms with Crippen LogP contribution in [-0.4, -0.2) is 30.9 Å². The van der Waals surface area contributed by atoms with E-state index in [4.69, 9.17) is 0 Å². The van der Waals surface area contributed by atoms with Crippen LogP contribution >= 0.6 is 11.3 Å². The zero-order valence-corrected chi connectivity index (χ0v) is 13.9. The van der Waals surface area contributed by atoms with Crippen molar-refractivity contribution in [3.63, 3.8) is 0 Å². The van der Waals surface area contributed by atoms with Crippen LogP contribution in [-0.2, 0) is 12.0 Å². The van der Waals surface area contributed by atoms with Gasteiger partial charge in [-0.2, -0.15) is 5.26 Å². The summed E-state index contributed by atoms with van der Waals surface area (Å²) < 4.78 is 0. The van der Waals surface area contributed by atoms with Gasteiger partial charge in [-0.15, -0.1) is 11.3 Å². The Morgan fingerprint density at radius 1 is 1.35 bits per heavy atom. The average Bonchev–Trinajstić information content (AvgIpc) is 2.62. The first-order valence-electron chi connectivity index (χ1n) is 6.72. The van der Waals surface area contributed by atoms with Crippen molar-refractivity contribution in [3.8, 4) is 6.07 Å². The highest BCUT2D eigenvalue weighted by molar-refractivity contribution is 7.16. The van der Waals surface area contributed by atoms with Crippen LogP contribution in [0.15, 0.2) is 4.99 Å². The third-order valence-corrected chi connectivity index (χ3v) is 4.81. The van der Waals surface area contributed by atoms with Crippen LogP contribution in [0.25, 0.3) is 0 Å². The van der Waals surface area contributed by atoms with Crippen LogP contribution in [0.4, 0.5) is 5.00 Å². The third kappa shape index (κ3) is 2.72. The predicted octanol–water partition coefficient (Wildman–Crippen LogP) is 3.00. The van der Waals surface area contributed by atoms with Gasteiger partial charge in [-0.25, -0.2) is 4.99 Å². The maximum absolute atomic E-state index is 9.52. The van der Waals surface area contributed by atoms with Crippen LogP contribution < -0.4 is 5.32 Å². The number of nitriles is 1. The molecule has 5 heteroatoms. The summed E-state index contributed by atoms with van der Waals surface area (Å²) in [6, 6.07) is 2.35. The molecular formula is C15H22N4S. The summed E-state index contributed by atoms with van der Waals surface area (Å²) in [6.07, 6.45) is 2.62. The zero-order valence-electron chi connectivity index (χ0n) is 13.0. The van der Waals surface area contributed by atoms with Gasteiger partial charge in [0.05, 0.1) is 11.9 Å². The lowest BCUT2D eigenvalue weighted by atomic mass is 9.81. The van der Waals surface area contributed by atoms with Gasteiger partial charge in [0.2, 0.25) is 0 Å². The van der Waals surface area contributed by atoms with Crippen molar-refractivity contribution < 1.29 is 0 Å². The van der Waals surface area contributed by atoms with Gasteiger partial charge in [0.25, 0.3) is 0 Å². The number of fused-ring (bicyclic) bond motifs is 1. The van der Waals surface area contributed by atoms with Crippen LogP contribution in [0.5, 0.6) is 0 Å². The molecule has 20 heavy (non-hydrogen) atoms. The van der Waals surface area contributed by atoms with Crippen molar-refractivity contribution in [1.82, 2.24) is 10.2 Å². The molecule has 0 aliphatic carbocycles. The normalized spacial score (nSPS) is 19.6. The lowest BCUT2D eigenvalue weighted by Gasteiger charge is -2.42. The number of nitrogens with one attached hydrogen (secondary N) is 1. The molecular weight excluding hydrogens is 268 g/mol. The van der Waals surface area contributed by atoms with E-state index in [1.54, 1.807) is 17.7 Å². The molecule has 0 saturated carbocycles. The molecule has 108 valence electrons. The Hall–Kier alpha value is -1.38. The Morgan fingerprint density at radius 2 is 2.00 bits per heavy atom. The highest BCUT2D eigenvalue weighted by Gasteiger charge is 2.40. The molecule has 4 nitrogen and oxygen atoms in total. The Morgan fingerprint density at radius 3 is 2.55 bits per heavy atom. The minimum Gasteiger partial charge on any atom is -0.369 e. The van der Waals surface area contributed by atoms with E-state index in [1.807, 2.05) is 19.0 Å². The molecule has 0 fully saturated rings. The number of hydrogen-bond donors (Lipinski definition) is 1. The maximum atomic E-state index is 9.52. The smallest absolute Gasteiger partial charge is 0.136 e. The number of thiophene rings is 1. The van der Waals surface area contributed by atoms with Crippen LogP contribution in [0, 0.1) is 11.3 Å². The van der Waals surface area contributed by atoms with E-state index < -0.39 is 0 Å². The molecule has 0 spiro atoms. The van der Waals surface area contributed by atoms with Crippen molar-refractivity contribution in [3.05, 3.63) is 16.0 Å². The number of hydrogen-bond acceptors (Lipinski definition) is 4. The molecule has 0 radical (unpaired) electrons.